The van der Waals surface area contributed by atoms with Crippen LogP contribution in [0.25, 0.3) is 10.9 Å². The number of hydrogen-bond acceptors (Lipinski definition) is 1. The van der Waals surface area contributed by atoms with E-state index in [1.54, 1.807) is 0 Å². The Morgan fingerprint density at radius 3 is 2.40 bits per heavy atom. The van der Waals surface area contributed by atoms with Crippen LogP contribution in [0.2, 0.25) is 0 Å². The molecule has 3 rings (SSSR count). The van der Waals surface area contributed by atoms with Crippen LogP contribution in [-0.4, -0.2) is 9.78 Å². The molecule has 1 heterocycles. The van der Waals surface area contributed by atoms with Gasteiger partial charge >= 0.3 is 0 Å². The van der Waals surface area contributed by atoms with Crippen LogP contribution in [0.5, 0.6) is 0 Å². The van der Waals surface area contributed by atoms with Gasteiger partial charge in [-0.15, -0.1) is 0 Å². The molecule has 1 aromatic heterocycles. The van der Waals surface area contributed by atoms with Gasteiger partial charge in [0, 0.05) is 5.39 Å². The standard InChI is InChI=1S/C18H19N2/c1-4-18(3,15-10-6-5-7-11-15)20-17-13-9-8-12-16(17)14(2)19-20/h5-13H,1,4H2,2-3H3. The van der Waals surface area contributed by atoms with Gasteiger partial charge in [-0.25, -0.2) is 0 Å². The third-order valence-corrected chi connectivity index (χ3v) is 4.12. The first kappa shape index (κ1) is 12.9. The highest BCUT2D eigenvalue weighted by molar-refractivity contribution is 5.82. The van der Waals surface area contributed by atoms with Crippen LogP contribution >= 0.6 is 0 Å². The Morgan fingerprint density at radius 1 is 1.05 bits per heavy atom. The lowest BCUT2D eigenvalue weighted by Crippen LogP contribution is -2.31. The predicted molar refractivity (Wildman–Crippen MR) is 83.6 cm³/mol. The maximum absolute atomic E-state index is 4.79. The predicted octanol–water partition coefficient (Wildman–Crippen LogP) is 4.33. The highest BCUT2D eigenvalue weighted by Gasteiger charge is 2.29. The Balaban J connectivity index is 2.27. The van der Waals surface area contributed by atoms with Gasteiger partial charge in [-0.1, -0.05) is 55.5 Å². The molecule has 3 aromatic rings. The number of rotatable bonds is 3. The van der Waals surface area contributed by atoms with Gasteiger partial charge in [0.25, 0.3) is 0 Å². The van der Waals surface area contributed by atoms with E-state index in [0.717, 1.165) is 12.1 Å². The third-order valence-electron chi connectivity index (χ3n) is 4.12. The molecule has 0 aliphatic heterocycles. The molecule has 0 bridgehead atoms. The maximum atomic E-state index is 4.79. The fraction of sp³-hybridized carbons (Fsp3) is 0.222. The molecular weight excluding hydrogens is 244 g/mol. The summed E-state index contributed by atoms with van der Waals surface area (Å²) in [6.45, 7) is 8.43. The largest absolute Gasteiger partial charge is 0.254 e. The van der Waals surface area contributed by atoms with Crippen molar-refractivity contribution in [1.29, 1.82) is 0 Å². The number of nitrogens with zero attached hydrogens (tertiary/aromatic N) is 2. The van der Waals surface area contributed by atoms with E-state index in [1.165, 1.54) is 16.5 Å². The normalized spacial score (nSPS) is 14.3. The van der Waals surface area contributed by atoms with E-state index in [4.69, 9.17) is 5.10 Å². The zero-order chi connectivity index (χ0) is 14.2. The monoisotopic (exact) mass is 263 g/mol. The number of aryl methyl sites for hydroxylation is 1. The maximum Gasteiger partial charge on any atom is 0.0855 e. The molecule has 2 heteroatoms. The number of benzene rings is 2. The van der Waals surface area contributed by atoms with Gasteiger partial charge < -0.3 is 0 Å². The van der Waals surface area contributed by atoms with Gasteiger partial charge in [0.2, 0.25) is 0 Å². The van der Waals surface area contributed by atoms with Gasteiger partial charge in [0.1, 0.15) is 0 Å². The van der Waals surface area contributed by atoms with Gasteiger partial charge in [-0.3, -0.25) is 4.68 Å². The van der Waals surface area contributed by atoms with Gasteiger partial charge in [-0.05, 0) is 31.9 Å². The fourth-order valence-electron chi connectivity index (χ4n) is 2.77. The SMILES string of the molecule is [CH2]CC(C)(c1ccccc1)n1nc(C)c2ccccc21. The molecule has 0 saturated carbocycles. The van der Waals surface area contributed by atoms with Crippen LogP contribution in [0.3, 0.4) is 0 Å². The lowest BCUT2D eigenvalue weighted by molar-refractivity contribution is 0.366. The third kappa shape index (κ3) is 1.83. The second-order valence-corrected chi connectivity index (χ2v) is 5.40. The highest BCUT2D eigenvalue weighted by atomic mass is 15.3. The quantitative estimate of drug-likeness (QED) is 0.687. The molecule has 0 N–H and O–H groups in total. The number of aromatic nitrogens is 2. The van der Waals surface area contributed by atoms with Crippen LogP contribution in [0.15, 0.2) is 54.6 Å². The first-order valence-corrected chi connectivity index (χ1v) is 6.96. The molecule has 1 unspecified atom stereocenters. The molecule has 20 heavy (non-hydrogen) atoms. The zero-order valence-corrected chi connectivity index (χ0v) is 12.0. The molecule has 0 spiro atoms. The van der Waals surface area contributed by atoms with Crippen LogP contribution in [0.1, 0.15) is 24.6 Å². The summed E-state index contributed by atoms with van der Waals surface area (Å²) in [5.41, 5.74) is 3.24. The van der Waals surface area contributed by atoms with E-state index in [0.29, 0.717) is 0 Å². The second kappa shape index (κ2) is 4.78. The molecule has 0 aliphatic carbocycles. The van der Waals surface area contributed by atoms with Gasteiger partial charge in [0.05, 0.1) is 16.7 Å². The van der Waals surface area contributed by atoms with Crippen LogP contribution in [-0.2, 0) is 5.54 Å². The molecule has 2 nitrogen and oxygen atoms in total. The molecule has 0 saturated heterocycles. The van der Waals surface area contributed by atoms with Crippen molar-refractivity contribution in [3.63, 3.8) is 0 Å². The van der Waals surface area contributed by atoms with Crippen LogP contribution < -0.4 is 0 Å². The average Bonchev–Trinajstić information content (AvgIpc) is 2.85. The van der Waals surface area contributed by atoms with E-state index in [2.05, 4.69) is 74.0 Å². The van der Waals surface area contributed by atoms with Crippen molar-refractivity contribution in [2.75, 3.05) is 0 Å². The summed E-state index contributed by atoms with van der Waals surface area (Å²) in [4.78, 5) is 0. The second-order valence-electron chi connectivity index (χ2n) is 5.40. The minimum atomic E-state index is -0.227. The fourth-order valence-corrected chi connectivity index (χ4v) is 2.77. The van der Waals surface area contributed by atoms with Crippen LogP contribution in [0.4, 0.5) is 0 Å². The Kier molecular flexibility index (Phi) is 3.09. The molecule has 1 atom stereocenters. The first-order chi connectivity index (χ1) is 9.66. The molecular formula is C18H19N2. The summed E-state index contributed by atoms with van der Waals surface area (Å²) in [5.74, 6) is 0. The Morgan fingerprint density at radius 2 is 1.70 bits per heavy atom. The van der Waals surface area contributed by atoms with Crippen molar-refractivity contribution in [2.24, 2.45) is 0 Å². The molecule has 2 aromatic carbocycles. The summed E-state index contributed by atoms with van der Waals surface area (Å²) in [6, 6.07) is 18.9. The molecule has 0 amide bonds. The first-order valence-electron chi connectivity index (χ1n) is 6.96. The van der Waals surface area contributed by atoms with Crippen molar-refractivity contribution >= 4 is 10.9 Å². The molecule has 0 aliphatic rings. The van der Waals surface area contributed by atoms with E-state index < -0.39 is 0 Å². The summed E-state index contributed by atoms with van der Waals surface area (Å²) < 4.78 is 2.12. The van der Waals surface area contributed by atoms with Crippen molar-refractivity contribution in [2.45, 2.75) is 25.8 Å². The molecule has 1 radical (unpaired) electrons. The molecule has 0 fully saturated rings. The van der Waals surface area contributed by atoms with Crippen LogP contribution in [0, 0.1) is 13.8 Å². The molecule has 101 valence electrons. The summed E-state index contributed by atoms with van der Waals surface area (Å²) in [5, 5.41) is 6.00. The van der Waals surface area contributed by atoms with E-state index in [1.807, 2.05) is 6.07 Å². The lowest BCUT2D eigenvalue weighted by atomic mass is 9.89. The van der Waals surface area contributed by atoms with Crippen molar-refractivity contribution in [1.82, 2.24) is 9.78 Å². The summed E-state index contributed by atoms with van der Waals surface area (Å²) >= 11 is 0. The Labute approximate surface area is 120 Å². The number of hydrogen-bond donors (Lipinski definition) is 0. The Hall–Kier alpha value is -2.09. The zero-order valence-electron chi connectivity index (χ0n) is 12.0. The lowest BCUT2D eigenvalue weighted by Gasteiger charge is -2.30. The van der Waals surface area contributed by atoms with E-state index >= 15 is 0 Å². The van der Waals surface area contributed by atoms with Crippen molar-refractivity contribution in [3.05, 3.63) is 72.8 Å². The van der Waals surface area contributed by atoms with Gasteiger partial charge in [-0.2, -0.15) is 5.10 Å². The summed E-state index contributed by atoms with van der Waals surface area (Å²) in [7, 11) is 0. The average molecular weight is 263 g/mol. The van der Waals surface area contributed by atoms with E-state index in [9.17, 15) is 0 Å². The van der Waals surface area contributed by atoms with Crippen molar-refractivity contribution < 1.29 is 0 Å². The number of fused-ring (bicyclic) bond motifs is 1. The topological polar surface area (TPSA) is 17.8 Å². The smallest absolute Gasteiger partial charge is 0.0855 e. The highest BCUT2D eigenvalue weighted by Crippen LogP contribution is 2.33. The summed E-state index contributed by atoms with van der Waals surface area (Å²) in [6.07, 6.45) is 0.752. The Bertz CT molecular complexity index is 728. The minimum Gasteiger partial charge on any atom is -0.254 e. The number of para-hydroxylation sites is 1. The van der Waals surface area contributed by atoms with Gasteiger partial charge in [0.15, 0.2) is 0 Å². The van der Waals surface area contributed by atoms with Crippen molar-refractivity contribution in [3.8, 4) is 0 Å². The minimum absolute atomic E-state index is 0.227. The van der Waals surface area contributed by atoms with E-state index in [-0.39, 0.29) is 5.54 Å².